The molecule has 0 aliphatic heterocycles. The van der Waals surface area contributed by atoms with Crippen molar-refractivity contribution in [2.75, 3.05) is 39.4 Å². The highest BCUT2D eigenvalue weighted by molar-refractivity contribution is 9.10. The van der Waals surface area contributed by atoms with E-state index in [1.54, 1.807) is 23.1 Å². The van der Waals surface area contributed by atoms with E-state index in [1.807, 2.05) is 0 Å². The third kappa shape index (κ3) is 5.47. The molecule has 3 N–H and O–H groups in total. The lowest BCUT2D eigenvalue weighted by Crippen LogP contribution is -2.37. The number of nitrogens with zero attached hydrogens (tertiary/aromatic N) is 1. The summed E-state index contributed by atoms with van der Waals surface area (Å²) in [5, 5.41) is 17.7. The Morgan fingerprint density at radius 2 is 1.70 bits per heavy atom. The minimum atomic E-state index is -3.57. The van der Waals surface area contributed by atoms with Crippen molar-refractivity contribution in [1.82, 2.24) is 9.62 Å². The van der Waals surface area contributed by atoms with Crippen LogP contribution >= 0.6 is 15.9 Å². The van der Waals surface area contributed by atoms with Crippen LogP contribution in [0.5, 0.6) is 0 Å². The molecule has 20 heavy (non-hydrogen) atoms. The summed E-state index contributed by atoms with van der Waals surface area (Å²) in [5.41, 5.74) is 0. The summed E-state index contributed by atoms with van der Waals surface area (Å²) < 4.78 is 27.2. The van der Waals surface area contributed by atoms with Crippen LogP contribution in [0.1, 0.15) is 0 Å². The molecule has 0 aliphatic rings. The molecule has 0 heterocycles. The highest BCUT2D eigenvalue weighted by Crippen LogP contribution is 2.20. The largest absolute Gasteiger partial charge is 0.395 e. The van der Waals surface area contributed by atoms with Gasteiger partial charge in [-0.1, -0.05) is 12.1 Å². The summed E-state index contributed by atoms with van der Waals surface area (Å²) in [6, 6.07) is 6.58. The Kier molecular flexibility index (Phi) is 7.63. The Morgan fingerprint density at radius 3 is 2.25 bits per heavy atom. The Balaban J connectivity index is 2.58. The summed E-state index contributed by atoms with van der Waals surface area (Å²) in [6.45, 7) is 1.37. The number of benzene rings is 1. The van der Waals surface area contributed by atoms with Crippen molar-refractivity contribution < 1.29 is 18.6 Å². The van der Waals surface area contributed by atoms with Crippen LogP contribution < -0.4 is 4.72 Å². The zero-order valence-electron chi connectivity index (χ0n) is 11.0. The van der Waals surface area contributed by atoms with Gasteiger partial charge in [0.05, 0.1) is 18.1 Å². The van der Waals surface area contributed by atoms with Gasteiger partial charge in [-0.05, 0) is 28.1 Å². The molecule has 0 fully saturated rings. The number of rotatable bonds is 9. The van der Waals surface area contributed by atoms with E-state index in [2.05, 4.69) is 20.7 Å². The lowest BCUT2D eigenvalue weighted by Gasteiger charge is -2.20. The number of halogens is 1. The first kappa shape index (κ1) is 17.5. The molecule has 8 heteroatoms. The third-order valence-corrected chi connectivity index (χ3v) is 5.15. The maximum atomic E-state index is 12.1. The van der Waals surface area contributed by atoms with Crippen LogP contribution in [-0.2, 0) is 10.0 Å². The smallest absolute Gasteiger partial charge is 0.241 e. The van der Waals surface area contributed by atoms with Crippen LogP contribution in [0.25, 0.3) is 0 Å². The molecule has 0 saturated heterocycles. The molecule has 0 radical (unpaired) electrons. The maximum Gasteiger partial charge on any atom is 0.241 e. The normalized spacial score (nSPS) is 12.0. The molecule has 0 spiro atoms. The Morgan fingerprint density at radius 1 is 1.10 bits per heavy atom. The second-order valence-corrected chi connectivity index (χ2v) is 6.71. The van der Waals surface area contributed by atoms with E-state index in [9.17, 15) is 8.42 Å². The molecule has 6 nitrogen and oxygen atoms in total. The van der Waals surface area contributed by atoms with Gasteiger partial charge in [0.15, 0.2) is 0 Å². The molecule has 0 atom stereocenters. The maximum absolute atomic E-state index is 12.1. The molecule has 114 valence electrons. The summed E-state index contributed by atoms with van der Waals surface area (Å²) in [5.74, 6) is 0. The van der Waals surface area contributed by atoms with Crippen LogP contribution in [0.2, 0.25) is 0 Å². The minimum absolute atomic E-state index is 0.0308. The van der Waals surface area contributed by atoms with E-state index in [0.717, 1.165) is 0 Å². The molecule has 1 aromatic rings. The third-order valence-electron chi connectivity index (χ3n) is 2.68. The Labute approximate surface area is 127 Å². The van der Waals surface area contributed by atoms with Crippen molar-refractivity contribution in [3.63, 3.8) is 0 Å². The van der Waals surface area contributed by atoms with Gasteiger partial charge in [-0.25, -0.2) is 13.1 Å². The fourth-order valence-electron chi connectivity index (χ4n) is 1.70. The Bertz CT molecular complexity index is 504. The molecule has 0 saturated carbocycles. The predicted octanol–water partition coefficient (Wildman–Crippen LogP) is 0.0140. The number of hydrogen-bond acceptors (Lipinski definition) is 5. The molecular formula is C12H19BrN2O4S. The molecular weight excluding hydrogens is 348 g/mol. The SMILES string of the molecule is O=S(=O)(NCCN(CCO)CCO)c1ccccc1Br. The first-order valence-electron chi connectivity index (χ1n) is 6.19. The zero-order chi connectivity index (χ0) is 15.0. The van der Waals surface area contributed by atoms with Gasteiger partial charge in [0.2, 0.25) is 10.0 Å². The second-order valence-electron chi connectivity index (χ2n) is 4.12. The molecule has 0 bridgehead atoms. The fraction of sp³-hybridized carbons (Fsp3) is 0.500. The van der Waals surface area contributed by atoms with Crippen LogP contribution in [0.4, 0.5) is 0 Å². The van der Waals surface area contributed by atoms with Crippen molar-refractivity contribution in [2.45, 2.75) is 4.90 Å². The van der Waals surface area contributed by atoms with E-state index >= 15 is 0 Å². The monoisotopic (exact) mass is 366 g/mol. The van der Waals surface area contributed by atoms with Gasteiger partial charge in [0, 0.05) is 30.7 Å². The zero-order valence-corrected chi connectivity index (χ0v) is 13.4. The molecule has 1 rings (SSSR count). The van der Waals surface area contributed by atoms with Crippen molar-refractivity contribution in [1.29, 1.82) is 0 Å². The van der Waals surface area contributed by atoms with Gasteiger partial charge >= 0.3 is 0 Å². The number of aliphatic hydroxyl groups is 2. The standard InChI is InChI=1S/C12H19BrN2O4S/c13-11-3-1-2-4-12(11)20(18,19)14-5-6-15(7-9-16)8-10-17/h1-4,14,16-17H,5-10H2. The molecule has 0 aliphatic carbocycles. The van der Waals surface area contributed by atoms with Crippen molar-refractivity contribution in [2.24, 2.45) is 0 Å². The average molecular weight is 367 g/mol. The van der Waals surface area contributed by atoms with Gasteiger partial charge < -0.3 is 10.2 Å². The first-order valence-corrected chi connectivity index (χ1v) is 8.47. The number of sulfonamides is 1. The molecule has 0 amide bonds. The highest BCUT2D eigenvalue weighted by atomic mass is 79.9. The van der Waals surface area contributed by atoms with E-state index < -0.39 is 10.0 Å². The van der Waals surface area contributed by atoms with Crippen molar-refractivity contribution >= 4 is 26.0 Å². The van der Waals surface area contributed by atoms with Gasteiger partial charge in [-0.3, -0.25) is 4.90 Å². The van der Waals surface area contributed by atoms with Crippen LogP contribution in [-0.4, -0.2) is 62.9 Å². The topological polar surface area (TPSA) is 89.9 Å². The van der Waals surface area contributed by atoms with Gasteiger partial charge in [0.1, 0.15) is 0 Å². The summed E-state index contributed by atoms with van der Waals surface area (Å²) >= 11 is 3.21. The van der Waals surface area contributed by atoms with Crippen LogP contribution in [0, 0.1) is 0 Å². The number of hydrogen-bond donors (Lipinski definition) is 3. The van der Waals surface area contributed by atoms with Crippen molar-refractivity contribution in [3.05, 3.63) is 28.7 Å². The van der Waals surface area contributed by atoms with Crippen molar-refractivity contribution in [3.8, 4) is 0 Å². The Hall–Kier alpha value is -0.510. The lowest BCUT2D eigenvalue weighted by molar-refractivity contribution is 0.163. The molecule has 0 unspecified atom stereocenters. The quantitative estimate of drug-likeness (QED) is 0.572. The summed E-state index contributed by atoms with van der Waals surface area (Å²) in [6.07, 6.45) is 0. The van der Waals surface area contributed by atoms with Gasteiger partial charge in [0.25, 0.3) is 0 Å². The first-order chi connectivity index (χ1) is 9.51. The number of aliphatic hydroxyl groups excluding tert-OH is 2. The second kappa shape index (κ2) is 8.71. The molecule has 1 aromatic carbocycles. The summed E-state index contributed by atoms with van der Waals surface area (Å²) in [7, 11) is -3.57. The molecule has 0 aromatic heterocycles. The van der Waals surface area contributed by atoms with Gasteiger partial charge in [-0.2, -0.15) is 0 Å². The lowest BCUT2D eigenvalue weighted by atomic mass is 10.4. The summed E-state index contributed by atoms with van der Waals surface area (Å²) in [4.78, 5) is 1.97. The van der Waals surface area contributed by atoms with Gasteiger partial charge in [-0.15, -0.1) is 0 Å². The minimum Gasteiger partial charge on any atom is -0.395 e. The fourth-order valence-corrected chi connectivity index (χ4v) is 3.72. The predicted molar refractivity (Wildman–Crippen MR) is 79.9 cm³/mol. The number of nitrogens with one attached hydrogen (secondary N) is 1. The van der Waals surface area contributed by atoms with E-state index in [0.29, 0.717) is 24.1 Å². The van der Waals surface area contributed by atoms with E-state index in [4.69, 9.17) is 10.2 Å². The van der Waals surface area contributed by atoms with Crippen LogP contribution in [0.3, 0.4) is 0 Å². The van der Waals surface area contributed by atoms with E-state index in [-0.39, 0.29) is 24.7 Å². The van der Waals surface area contributed by atoms with Crippen LogP contribution in [0.15, 0.2) is 33.6 Å². The average Bonchev–Trinajstić information content (AvgIpc) is 2.39. The van der Waals surface area contributed by atoms with E-state index in [1.165, 1.54) is 6.07 Å². The highest BCUT2D eigenvalue weighted by Gasteiger charge is 2.16.